The van der Waals surface area contributed by atoms with Crippen LogP contribution in [-0.4, -0.2) is 41.9 Å². The molecule has 5 heteroatoms. The molecule has 1 aliphatic heterocycles. The maximum Gasteiger partial charge on any atom is 0.238 e. The molecule has 1 fully saturated rings. The van der Waals surface area contributed by atoms with Crippen molar-refractivity contribution in [3.63, 3.8) is 0 Å². The van der Waals surface area contributed by atoms with Gasteiger partial charge in [0.25, 0.3) is 0 Å². The molecule has 19 heavy (non-hydrogen) atoms. The average Bonchev–Trinajstić information content (AvgIpc) is 2.68. The number of hydrogen-bond acceptors (Lipinski definition) is 4. The Labute approximate surface area is 117 Å². The standard InChI is InChI=1S/C14H17N3OS/c15-10-12-4-1-2-5-13(12)16-14(18)11-17-6-3-8-19-9-7-17/h1-2,4-5H,3,6-9,11H2,(H,16,18). The van der Waals surface area contributed by atoms with Crippen LogP contribution >= 0.6 is 11.8 Å². The number of carbonyl (C=O) groups is 1. The number of benzene rings is 1. The van der Waals surface area contributed by atoms with Crippen molar-refractivity contribution in [2.24, 2.45) is 0 Å². The van der Waals surface area contributed by atoms with Crippen LogP contribution in [0.25, 0.3) is 0 Å². The van der Waals surface area contributed by atoms with Gasteiger partial charge in [0.15, 0.2) is 0 Å². The first-order valence-electron chi connectivity index (χ1n) is 6.38. The fourth-order valence-corrected chi connectivity index (χ4v) is 2.96. The first-order valence-corrected chi connectivity index (χ1v) is 7.54. The Morgan fingerprint density at radius 1 is 1.37 bits per heavy atom. The second-order valence-corrected chi connectivity index (χ2v) is 5.67. The van der Waals surface area contributed by atoms with Gasteiger partial charge in [-0.05, 0) is 30.9 Å². The number of nitrogens with one attached hydrogen (secondary N) is 1. The number of rotatable bonds is 3. The number of nitrogens with zero attached hydrogens (tertiary/aromatic N) is 2. The van der Waals surface area contributed by atoms with Gasteiger partial charge in [-0.1, -0.05) is 12.1 Å². The second kappa shape index (κ2) is 7.17. The largest absolute Gasteiger partial charge is 0.324 e. The van der Waals surface area contributed by atoms with Crippen LogP contribution < -0.4 is 5.32 Å². The highest BCUT2D eigenvalue weighted by Crippen LogP contribution is 2.14. The van der Waals surface area contributed by atoms with E-state index in [0.717, 1.165) is 25.3 Å². The summed E-state index contributed by atoms with van der Waals surface area (Å²) in [6.07, 6.45) is 1.13. The molecule has 0 unspecified atom stereocenters. The third-order valence-electron chi connectivity index (χ3n) is 3.00. The summed E-state index contributed by atoms with van der Waals surface area (Å²) in [5.74, 6) is 2.21. The molecule has 1 aromatic rings. The number of anilines is 1. The summed E-state index contributed by atoms with van der Waals surface area (Å²) in [6.45, 7) is 2.33. The van der Waals surface area contributed by atoms with E-state index in [0.29, 0.717) is 17.8 Å². The zero-order valence-electron chi connectivity index (χ0n) is 10.8. The number of thioether (sulfide) groups is 1. The predicted molar refractivity (Wildman–Crippen MR) is 78.2 cm³/mol. The van der Waals surface area contributed by atoms with E-state index in [-0.39, 0.29) is 5.91 Å². The molecule has 0 spiro atoms. The molecule has 2 rings (SSSR count). The maximum atomic E-state index is 12.0. The fourth-order valence-electron chi connectivity index (χ4n) is 2.04. The molecule has 0 aromatic heterocycles. The van der Waals surface area contributed by atoms with Crippen LogP contribution in [0.3, 0.4) is 0 Å². The van der Waals surface area contributed by atoms with Crippen LogP contribution in [0.5, 0.6) is 0 Å². The highest BCUT2D eigenvalue weighted by Gasteiger charge is 2.14. The van der Waals surface area contributed by atoms with Crippen LogP contribution in [0.15, 0.2) is 24.3 Å². The number of amides is 1. The van der Waals surface area contributed by atoms with Gasteiger partial charge in [0.05, 0.1) is 17.8 Å². The molecule has 4 nitrogen and oxygen atoms in total. The Morgan fingerprint density at radius 3 is 3.05 bits per heavy atom. The molecule has 1 N–H and O–H groups in total. The molecule has 1 saturated heterocycles. The third-order valence-corrected chi connectivity index (χ3v) is 4.05. The van der Waals surface area contributed by atoms with Crippen LogP contribution in [0.1, 0.15) is 12.0 Å². The van der Waals surface area contributed by atoms with Gasteiger partial charge in [-0.15, -0.1) is 0 Å². The summed E-state index contributed by atoms with van der Waals surface area (Å²) in [7, 11) is 0. The van der Waals surface area contributed by atoms with E-state index in [4.69, 9.17) is 5.26 Å². The van der Waals surface area contributed by atoms with Gasteiger partial charge in [0.2, 0.25) is 5.91 Å². The second-order valence-electron chi connectivity index (χ2n) is 4.45. The van der Waals surface area contributed by atoms with Crippen molar-refractivity contribution in [2.75, 3.05) is 36.5 Å². The van der Waals surface area contributed by atoms with Gasteiger partial charge in [-0.3, -0.25) is 9.69 Å². The Bertz CT molecular complexity index is 476. The van der Waals surface area contributed by atoms with Crippen molar-refractivity contribution >= 4 is 23.4 Å². The SMILES string of the molecule is N#Cc1ccccc1NC(=O)CN1CCCSCC1. The van der Waals surface area contributed by atoms with Crippen molar-refractivity contribution in [3.8, 4) is 6.07 Å². The lowest BCUT2D eigenvalue weighted by atomic mass is 10.2. The summed E-state index contributed by atoms with van der Waals surface area (Å²) >= 11 is 1.94. The minimum Gasteiger partial charge on any atom is -0.324 e. The van der Waals surface area contributed by atoms with Crippen molar-refractivity contribution in [3.05, 3.63) is 29.8 Å². The average molecular weight is 275 g/mol. The van der Waals surface area contributed by atoms with E-state index in [1.165, 1.54) is 5.75 Å². The quantitative estimate of drug-likeness (QED) is 0.916. The van der Waals surface area contributed by atoms with Crippen molar-refractivity contribution in [1.82, 2.24) is 4.90 Å². The van der Waals surface area contributed by atoms with E-state index >= 15 is 0 Å². The first-order chi connectivity index (χ1) is 9.29. The van der Waals surface area contributed by atoms with E-state index < -0.39 is 0 Å². The number of carbonyl (C=O) groups excluding carboxylic acids is 1. The van der Waals surface area contributed by atoms with E-state index in [9.17, 15) is 4.79 Å². The summed E-state index contributed by atoms with van der Waals surface area (Å²) in [5.41, 5.74) is 1.10. The minimum atomic E-state index is -0.0467. The van der Waals surface area contributed by atoms with Gasteiger partial charge in [0, 0.05) is 12.3 Å². The highest BCUT2D eigenvalue weighted by atomic mass is 32.2. The van der Waals surface area contributed by atoms with Gasteiger partial charge in [-0.2, -0.15) is 17.0 Å². The normalized spacial score (nSPS) is 16.4. The Morgan fingerprint density at radius 2 is 2.21 bits per heavy atom. The van der Waals surface area contributed by atoms with E-state index in [1.807, 2.05) is 17.8 Å². The molecular formula is C14H17N3OS. The van der Waals surface area contributed by atoms with E-state index in [2.05, 4.69) is 16.3 Å². The first kappa shape index (κ1) is 13.9. The fraction of sp³-hybridized carbons (Fsp3) is 0.429. The topological polar surface area (TPSA) is 56.1 Å². The molecule has 100 valence electrons. The Kier molecular flexibility index (Phi) is 5.25. The molecule has 0 saturated carbocycles. The molecule has 1 aromatic carbocycles. The lowest BCUT2D eigenvalue weighted by Gasteiger charge is -2.18. The summed E-state index contributed by atoms with van der Waals surface area (Å²) in [4.78, 5) is 14.2. The summed E-state index contributed by atoms with van der Waals surface area (Å²) in [5, 5.41) is 11.8. The van der Waals surface area contributed by atoms with Crippen LogP contribution in [0.2, 0.25) is 0 Å². The zero-order valence-corrected chi connectivity index (χ0v) is 11.6. The van der Waals surface area contributed by atoms with Crippen molar-refractivity contribution in [2.45, 2.75) is 6.42 Å². The highest BCUT2D eigenvalue weighted by molar-refractivity contribution is 7.99. The zero-order chi connectivity index (χ0) is 13.5. The lowest BCUT2D eigenvalue weighted by Crippen LogP contribution is -2.34. The Hall–Kier alpha value is -1.51. The molecule has 1 heterocycles. The number of hydrogen-bond donors (Lipinski definition) is 1. The molecule has 0 radical (unpaired) electrons. The van der Waals surface area contributed by atoms with Crippen LogP contribution in [-0.2, 0) is 4.79 Å². The molecular weight excluding hydrogens is 258 g/mol. The molecule has 0 atom stereocenters. The van der Waals surface area contributed by atoms with Crippen molar-refractivity contribution < 1.29 is 4.79 Å². The van der Waals surface area contributed by atoms with Crippen LogP contribution in [0.4, 0.5) is 5.69 Å². The number of para-hydroxylation sites is 1. The molecule has 0 bridgehead atoms. The van der Waals surface area contributed by atoms with Crippen molar-refractivity contribution in [1.29, 1.82) is 5.26 Å². The number of nitriles is 1. The predicted octanol–water partition coefficient (Wildman–Crippen LogP) is 1.94. The van der Waals surface area contributed by atoms with Crippen LogP contribution in [0, 0.1) is 11.3 Å². The van der Waals surface area contributed by atoms with Gasteiger partial charge in [-0.25, -0.2) is 0 Å². The van der Waals surface area contributed by atoms with Gasteiger partial charge >= 0.3 is 0 Å². The maximum absolute atomic E-state index is 12.0. The van der Waals surface area contributed by atoms with Gasteiger partial charge < -0.3 is 5.32 Å². The minimum absolute atomic E-state index is 0.0467. The Balaban J connectivity index is 1.92. The third kappa shape index (κ3) is 4.27. The molecule has 0 aliphatic carbocycles. The lowest BCUT2D eigenvalue weighted by molar-refractivity contribution is -0.117. The summed E-state index contributed by atoms with van der Waals surface area (Å²) in [6, 6.07) is 9.16. The summed E-state index contributed by atoms with van der Waals surface area (Å²) < 4.78 is 0. The van der Waals surface area contributed by atoms with Gasteiger partial charge in [0.1, 0.15) is 6.07 Å². The molecule has 1 amide bonds. The van der Waals surface area contributed by atoms with E-state index in [1.54, 1.807) is 18.2 Å². The molecule has 1 aliphatic rings. The monoisotopic (exact) mass is 275 g/mol. The smallest absolute Gasteiger partial charge is 0.238 e.